The van der Waals surface area contributed by atoms with Gasteiger partial charge in [0.05, 0.1) is 6.61 Å². The van der Waals surface area contributed by atoms with E-state index in [2.05, 4.69) is 5.32 Å². The molecule has 2 amide bonds. The first-order chi connectivity index (χ1) is 12.6. The van der Waals surface area contributed by atoms with E-state index in [4.69, 9.17) is 4.74 Å². The number of nitrogens with one attached hydrogen (secondary N) is 1. The molecule has 3 rings (SSSR count). The summed E-state index contributed by atoms with van der Waals surface area (Å²) in [4.78, 5) is 38.7. The Labute approximate surface area is 151 Å². The van der Waals surface area contributed by atoms with E-state index in [0.29, 0.717) is 17.7 Å². The van der Waals surface area contributed by atoms with Crippen molar-refractivity contribution in [3.05, 3.63) is 71.3 Å². The number of rotatable bonds is 6. The van der Waals surface area contributed by atoms with E-state index in [1.54, 1.807) is 31.2 Å². The highest BCUT2D eigenvalue weighted by molar-refractivity contribution is 6.01. The quantitative estimate of drug-likeness (QED) is 0.808. The van der Waals surface area contributed by atoms with E-state index in [0.717, 1.165) is 5.56 Å². The Morgan fingerprint density at radius 2 is 1.81 bits per heavy atom. The van der Waals surface area contributed by atoms with Crippen molar-refractivity contribution in [2.45, 2.75) is 19.5 Å². The lowest BCUT2D eigenvalue weighted by Crippen LogP contribution is -2.42. The van der Waals surface area contributed by atoms with Crippen molar-refractivity contribution in [2.75, 3.05) is 13.2 Å². The largest absolute Gasteiger partial charge is 0.465 e. The Bertz CT molecular complexity index is 820. The van der Waals surface area contributed by atoms with Gasteiger partial charge in [-0.2, -0.15) is 0 Å². The number of esters is 1. The zero-order valence-electron chi connectivity index (χ0n) is 14.5. The van der Waals surface area contributed by atoms with Crippen molar-refractivity contribution in [1.29, 1.82) is 0 Å². The van der Waals surface area contributed by atoms with Gasteiger partial charge in [-0.05, 0) is 24.1 Å². The van der Waals surface area contributed by atoms with Crippen molar-refractivity contribution in [1.82, 2.24) is 10.2 Å². The van der Waals surface area contributed by atoms with Gasteiger partial charge in [-0.1, -0.05) is 48.5 Å². The molecule has 0 aromatic heterocycles. The molecule has 0 saturated heterocycles. The fourth-order valence-electron chi connectivity index (χ4n) is 3.06. The van der Waals surface area contributed by atoms with Crippen LogP contribution in [-0.4, -0.2) is 35.8 Å². The molecule has 1 heterocycles. The molecular formula is C20H20N2O4. The number of carbonyl (C=O) groups excluding carboxylic acids is 3. The second-order valence-corrected chi connectivity index (χ2v) is 5.93. The van der Waals surface area contributed by atoms with Crippen LogP contribution in [0.1, 0.15) is 34.5 Å². The van der Waals surface area contributed by atoms with Crippen LogP contribution in [0.3, 0.4) is 0 Å². The highest BCUT2D eigenvalue weighted by Gasteiger charge is 2.37. The zero-order valence-corrected chi connectivity index (χ0v) is 14.5. The van der Waals surface area contributed by atoms with Crippen LogP contribution >= 0.6 is 0 Å². The molecule has 1 aliphatic heterocycles. The molecule has 0 bridgehead atoms. The Balaban J connectivity index is 1.85. The molecule has 0 aliphatic carbocycles. The Hall–Kier alpha value is -3.15. The molecule has 6 heteroatoms. The summed E-state index contributed by atoms with van der Waals surface area (Å²) in [7, 11) is 0. The lowest BCUT2D eigenvalue weighted by molar-refractivity contribution is -0.143. The molecule has 1 atom stereocenters. The molecule has 2 aromatic rings. The number of fused-ring (bicyclic) bond motifs is 1. The van der Waals surface area contributed by atoms with Gasteiger partial charge < -0.3 is 15.0 Å². The molecule has 1 unspecified atom stereocenters. The highest BCUT2D eigenvalue weighted by atomic mass is 16.5. The van der Waals surface area contributed by atoms with Gasteiger partial charge >= 0.3 is 5.97 Å². The van der Waals surface area contributed by atoms with Crippen LogP contribution in [0.5, 0.6) is 0 Å². The number of benzene rings is 2. The number of hydrogen-bond donors (Lipinski definition) is 1. The predicted molar refractivity (Wildman–Crippen MR) is 95.1 cm³/mol. The fourth-order valence-corrected chi connectivity index (χ4v) is 3.06. The molecule has 0 fully saturated rings. The maximum atomic E-state index is 12.8. The molecule has 0 radical (unpaired) electrons. The Kier molecular flexibility index (Phi) is 5.31. The minimum absolute atomic E-state index is 0.194. The second-order valence-electron chi connectivity index (χ2n) is 5.93. The molecule has 6 nitrogen and oxygen atoms in total. The van der Waals surface area contributed by atoms with Crippen LogP contribution in [-0.2, 0) is 20.9 Å². The summed E-state index contributed by atoms with van der Waals surface area (Å²) in [5, 5.41) is 2.58. The fraction of sp³-hybridized carbons (Fsp3) is 0.250. The second kappa shape index (κ2) is 7.82. The van der Waals surface area contributed by atoms with Crippen LogP contribution in [0.15, 0.2) is 54.6 Å². The standard InChI is InChI=1S/C20H20N2O4/c1-2-26-17(23)12-21-19(24)18(14-8-4-3-5-9-14)22-13-15-10-6-7-11-16(15)20(22)25/h3-11,18H,2,12-13H2,1H3,(H,21,24). The van der Waals surface area contributed by atoms with E-state index in [-0.39, 0.29) is 19.1 Å². The SMILES string of the molecule is CCOC(=O)CNC(=O)C(c1ccccc1)N1Cc2ccccc2C1=O. The summed E-state index contributed by atoms with van der Waals surface area (Å²) in [6.45, 7) is 2.07. The smallest absolute Gasteiger partial charge is 0.325 e. The van der Waals surface area contributed by atoms with Crippen LogP contribution in [0.2, 0.25) is 0 Å². The van der Waals surface area contributed by atoms with E-state index < -0.39 is 17.9 Å². The minimum atomic E-state index is -0.814. The summed E-state index contributed by atoms with van der Waals surface area (Å²) in [5.74, 6) is -1.12. The van der Waals surface area contributed by atoms with Crippen molar-refractivity contribution >= 4 is 17.8 Å². The van der Waals surface area contributed by atoms with Gasteiger partial charge in [0.2, 0.25) is 5.91 Å². The van der Waals surface area contributed by atoms with Crippen LogP contribution < -0.4 is 5.32 Å². The topological polar surface area (TPSA) is 75.7 Å². The maximum Gasteiger partial charge on any atom is 0.325 e. The lowest BCUT2D eigenvalue weighted by Gasteiger charge is -2.27. The van der Waals surface area contributed by atoms with Gasteiger partial charge in [-0.25, -0.2) is 0 Å². The monoisotopic (exact) mass is 352 g/mol. The van der Waals surface area contributed by atoms with E-state index in [1.807, 2.05) is 30.3 Å². The average Bonchev–Trinajstić information content (AvgIpc) is 2.98. The molecule has 26 heavy (non-hydrogen) atoms. The van der Waals surface area contributed by atoms with E-state index in [9.17, 15) is 14.4 Å². The van der Waals surface area contributed by atoms with Crippen molar-refractivity contribution in [3.63, 3.8) is 0 Å². The van der Waals surface area contributed by atoms with Gasteiger partial charge in [0.15, 0.2) is 0 Å². The molecule has 0 saturated carbocycles. The normalized spacial score (nSPS) is 13.9. The number of ether oxygens (including phenoxy) is 1. The van der Waals surface area contributed by atoms with Crippen LogP contribution in [0.25, 0.3) is 0 Å². The first kappa shape index (κ1) is 17.7. The van der Waals surface area contributed by atoms with Crippen LogP contribution in [0.4, 0.5) is 0 Å². The first-order valence-corrected chi connectivity index (χ1v) is 8.49. The van der Waals surface area contributed by atoms with Gasteiger partial charge in [0.1, 0.15) is 12.6 Å². The van der Waals surface area contributed by atoms with E-state index >= 15 is 0 Å². The third-order valence-corrected chi connectivity index (χ3v) is 4.24. The van der Waals surface area contributed by atoms with E-state index in [1.165, 1.54) is 4.90 Å². The molecular weight excluding hydrogens is 332 g/mol. The van der Waals surface area contributed by atoms with Crippen molar-refractivity contribution in [3.8, 4) is 0 Å². The third-order valence-electron chi connectivity index (χ3n) is 4.24. The van der Waals surface area contributed by atoms with Gasteiger partial charge in [-0.15, -0.1) is 0 Å². The van der Waals surface area contributed by atoms with Crippen molar-refractivity contribution in [2.24, 2.45) is 0 Å². The Morgan fingerprint density at radius 3 is 2.50 bits per heavy atom. The Morgan fingerprint density at radius 1 is 1.12 bits per heavy atom. The predicted octanol–water partition coefficient (Wildman–Crippen LogP) is 2.06. The molecule has 1 N–H and O–H groups in total. The van der Waals surface area contributed by atoms with Crippen LogP contribution in [0, 0.1) is 0 Å². The number of carbonyl (C=O) groups is 3. The summed E-state index contributed by atoms with van der Waals surface area (Å²) < 4.78 is 4.84. The summed E-state index contributed by atoms with van der Waals surface area (Å²) in [6, 6.07) is 15.6. The summed E-state index contributed by atoms with van der Waals surface area (Å²) in [5.41, 5.74) is 2.18. The van der Waals surface area contributed by atoms with Gasteiger partial charge in [0.25, 0.3) is 5.91 Å². The van der Waals surface area contributed by atoms with Gasteiger partial charge in [-0.3, -0.25) is 14.4 Å². The summed E-state index contributed by atoms with van der Waals surface area (Å²) in [6.07, 6.45) is 0. The number of nitrogens with zero attached hydrogens (tertiary/aromatic N) is 1. The summed E-state index contributed by atoms with van der Waals surface area (Å²) >= 11 is 0. The van der Waals surface area contributed by atoms with Crippen molar-refractivity contribution < 1.29 is 19.1 Å². The minimum Gasteiger partial charge on any atom is -0.465 e. The number of amides is 2. The third kappa shape index (κ3) is 3.59. The lowest BCUT2D eigenvalue weighted by atomic mass is 10.0. The maximum absolute atomic E-state index is 12.8. The van der Waals surface area contributed by atoms with Gasteiger partial charge in [0, 0.05) is 12.1 Å². The average molecular weight is 352 g/mol. The molecule has 2 aromatic carbocycles. The first-order valence-electron chi connectivity index (χ1n) is 8.49. The zero-order chi connectivity index (χ0) is 18.5. The molecule has 0 spiro atoms. The molecule has 134 valence electrons. The number of hydrogen-bond acceptors (Lipinski definition) is 4. The highest BCUT2D eigenvalue weighted by Crippen LogP contribution is 2.31. The molecule has 1 aliphatic rings.